The Morgan fingerprint density at radius 2 is 2.36 bits per heavy atom. The first-order valence-corrected chi connectivity index (χ1v) is 4.68. The van der Waals surface area contributed by atoms with Gasteiger partial charge < -0.3 is 9.58 Å². The van der Waals surface area contributed by atoms with E-state index in [0.29, 0.717) is 5.56 Å². The van der Waals surface area contributed by atoms with Gasteiger partial charge in [0.15, 0.2) is 0 Å². The monoisotopic (exact) mass is 253 g/mol. The van der Waals surface area contributed by atoms with Crippen molar-refractivity contribution in [1.82, 2.24) is 0 Å². The third-order valence-electron chi connectivity index (χ3n) is 1.72. The number of methoxy groups -OCH3 is 1. The molecule has 0 spiro atoms. The molecule has 0 unspecified atom stereocenters. The molecule has 0 aliphatic carbocycles. The Kier molecular flexibility index (Phi) is 3.66. The number of nitrogens with zero attached hydrogens (tertiary/aromatic N) is 1. The van der Waals surface area contributed by atoms with Crippen LogP contribution in [0.3, 0.4) is 0 Å². The molecule has 0 N–H and O–H groups in total. The lowest BCUT2D eigenvalue weighted by molar-refractivity contribution is 0.0600. The fourth-order valence-electron chi connectivity index (χ4n) is 1.03. The van der Waals surface area contributed by atoms with Crippen LogP contribution in [-0.2, 0) is 11.3 Å². The van der Waals surface area contributed by atoms with E-state index in [4.69, 9.17) is 6.57 Å². The van der Waals surface area contributed by atoms with E-state index < -0.39 is 0 Å². The van der Waals surface area contributed by atoms with E-state index in [1.807, 2.05) is 0 Å². The van der Waals surface area contributed by atoms with Crippen molar-refractivity contribution in [2.45, 2.75) is 6.54 Å². The SMILES string of the molecule is [C-]#[N+]Cc1cc(C(=O)OC)ccc1Br. The molecule has 0 bridgehead atoms. The molecule has 4 heteroatoms. The zero-order valence-corrected chi connectivity index (χ0v) is 9.17. The van der Waals surface area contributed by atoms with E-state index >= 15 is 0 Å². The average Bonchev–Trinajstić information content (AvgIpc) is 2.20. The molecule has 3 nitrogen and oxygen atoms in total. The van der Waals surface area contributed by atoms with Crippen LogP contribution in [0, 0.1) is 6.57 Å². The number of carbonyl (C=O) groups excluding carboxylic acids is 1. The minimum atomic E-state index is -0.385. The van der Waals surface area contributed by atoms with Gasteiger partial charge in [-0.1, -0.05) is 15.9 Å². The highest BCUT2D eigenvalue weighted by molar-refractivity contribution is 9.10. The van der Waals surface area contributed by atoms with Gasteiger partial charge in [0.2, 0.25) is 6.54 Å². The summed E-state index contributed by atoms with van der Waals surface area (Å²) in [6.45, 7) is 7.00. The normalized spacial score (nSPS) is 9.21. The molecule has 0 aliphatic heterocycles. The van der Waals surface area contributed by atoms with Gasteiger partial charge in [-0.2, -0.15) is 0 Å². The zero-order valence-electron chi connectivity index (χ0n) is 7.58. The van der Waals surface area contributed by atoms with Gasteiger partial charge in [-0.05, 0) is 18.2 Å². The Bertz CT molecular complexity index is 396. The van der Waals surface area contributed by atoms with Crippen LogP contribution in [0.25, 0.3) is 4.85 Å². The summed E-state index contributed by atoms with van der Waals surface area (Å²) < 4.78 is 5.41. The van der Waals surface area contributed by atoms with Gasteiger partial charge in [-0.15, -0.1) is 0 Å². The number of esters is 1. The fourth-order valence-corrected chi connectivity index (χ4v) is 1.40. The van der Waals surface area contributed by atoms with E-state index in [-0.39, 0.29) is 12.5 Å². The largest absolute Gasteiger partial charge is 0.465 e. The van der Waals surface area contributed by atoms with Gasteiger partial charge in [-0.25, -0.2) is 11.4 Å². The molecule has 1 aromatic rings. The van der Waals surface area contributed by atoms with Gasteiger partial charge in [0.1, 0.15) is 0 Å². The van der Waals surface area contributed by atoms with Gasteiger partial charge >= 0.3 is 5.97 Å². The molecule has 72 valence electrons. The van der Waals surface area contributed by atoms with Crippen LogP contribution in [0.15, 0.2) is 22.7 Å². The number of benzene rings is 1. The number of halogens is 1. The number of carbonyl (C=O) groups is 1. The number of ether oxygens (including phenoxy) is 1. The zero-order chi connectivity index (χ0) is 10.6. The summed E-state index contributed by atoms with van der Waals surface area (Å²) in [7, 11) is 1.33. The van der Waals surface area contributed by atoms with Crippen molar-refractivity contribution in [1.29, 1.82) is 0 Å². The number of hydrogen-bond acceptors (Lipinski definition) is 2. The standard InChI is InChI=1S/C10H8BrNO2/c1-12-6-8-5-7(10(13)14-2)3-4-9(8)11/h3-5H,6H2,2H3. The highest BCUT2D eigenvalue weighted by atomic mass is 79.9. The summed E-state index contributed by atoms with van der Waals surface area (Å²) >= 11 is 3.31. The Morgan fingerprint density at radius 1 is 1.64 bits per heavy atom. The Hall–Kier alpha value is -1.34. The van der Waals surface area contributed by atoms with Crippen molar-refractivity contribution >= 4 is 21.9 Å². The summed E-state index contributed by atoms with van der Waals surface area (Å²) in [6.07, 6.45) is 0. The minimum absolute atomic E-state index is 0.255. The van der Waals surface area contributed by atoms with E-state index in [0.717, 1.165) is 10.0 Å². The predicted octanol–water partition coefficient (Wildman–Crippen LogP) is 2.65. The first-order valence-electron chi connectivity index (χ1n) is 3.89. The third-order valence-corrected chi connectivity index (χ3v) is 2.49. The quantitative estimate of drug-likeness (QED) is 0.600. The van der Waals surface area contributed by atoms with Crippen molar-refractivity contribution in [3.8, 4) is 0 Å². The maximum absolute atomic E-state index is 11.2. The van der Waals surface area contributed by atoms with Crippen LogP contribution < -0.4 is 0 Å². The Balaban J connectivity index is 3.07. The summed E-state index contributed by atoms with van der Waals surface area (Å²) in [5.74, 6) is -0.385. The van der Waals surface area contributed by atoms with Crippen molar-refractivity contribution in [2.24, 2.45) is 0 Å². The van der Waals surface area contributed by atoms with Crippen molar-refractivity contribution < 1.29 is 9.53 Å². The van der Waals surface area contributed by atoms with Crippen LogP contribution in [0.1, 0.15) is 15.9 Å². The second-order valence-corrected chi connectivity index (χ2v) is 3.47. The summed E-state index contributed by atoms with van der Waals surface area (Å²) in [4.78, 5) is 14.4. The molecule has 0 radical (unpaired) electrons. The predicted molar refractivity (Wildman–Crippen MR) is 55.8 cm³/mol. The first kappa shape index (κ1) is 10.7. The molecular formula is C10H8BrNO2. The van der Waals surface area contributed by atoms with Crippen molar-refractivity contribution in [2.75, 3.05) is 7.11 Å². The molecule has 14 heavy (non-hydrogen) atoms. The van der Waals surface area contributed by atoms with E-state index in [9.17, 15) is 4.79 Å². The van der Waals surface area contributed by atoms with Crippen LogP contribution in [0.2, 0.25) is 0 Å². The van der Waals surface area contributed by atoms with E-state index in [1.165, 1.54) is 7.11 Å². The van der Waals surface area contributed by atoms with Crippen molar-refractivity contribution in [3.63, 3.8) is 0 Å². The minimum Gasteiger partial charge on any atom is -0.465 e. The summed E-state index contributed by atoms with van der Waals surface area (Å²) in [6, 6.07) is 5.06. The van der Waals surface area contributed by atoms with Gasteiger partial charge in [0.05, 0.1) is 12.7 Å². The van der Waals surface area contributed by atoms with E-state index in [2.05, 4.69) is 25.5 Å². The summed E-state index contributed by atoms with van der Waals surface area (Å²) in [5, 5.41) is 0. The summed E-state index contributed by atoms with van der Waals surface area (Å²) in [5.41, 5.74) is 1.26. The lowest BCUT2D eigenvalue weighted by Gasteiger charge is -2.01. The highest BCUT2D eigenvalue weighted by Crippen LogP contribution is 2.19. The van der Waals surface area contributed by atoms with Crippen LogP contribution >= 0.6 is 15.9 Å². The van der Waals surface area contributed by atoms with Crippen LogP contribution in [0.5, 0.6) is 0 Å². The second-order valence-electron chi connectivity index (χ2n) is 2.61. The van der Waals surface area contributed by atoms with Gasteiger partial charge in [0, 0.05) is 10.0 Å². The molecule has 1 aromatic carbocycles. The lowest BCUT2D eigenvalue weighted by Crippen LogP contribution is -2.01. The van der Waals surface area contributed by atoms with Crippen LogP contribution in [-0.4, -0.2) is 13.1 Å². The molecule has 0 amide bonds. The molecule has 0 fully saturated rings. The maximum Gasteiger partial charge on any atom is 0.337 e. The second kappa shape index (κ2) is 4.77. The molecule has 0 saturated carbocycles. The molecule has 1 rings (SSSR count). The average molecular weight is 254 g/mol. The highest BCUT2D eigenvalue weighted by Gasteiger charge is 2.09. The molecule has 0 aromatic heterocycles. The van der Waals surface area contributed by atoms with Crippen molar-refractivity contribution in [3.05, 3.63) is 45.2 Å². The number of rotatable bonds is 2. The van der Waals surface area contributed by atoms with Gasteiger partial charge in [-0.3, -0.25) is 0 Å². The van der Waals surface area contributed by atoms with Crippen LogP contribution in [0.4, 0.5) is 0 Å². The third kappa shape index (κ3) is 2.33. The molecule has 0 heterocycles. The van der Waals surface area contributed by atoms with Gasteiger partial charge in [0.25, 0.3) is 0 Å². The number of hydrogen-bond donors (Lipinski definition) is 0. The maximum atomic E-state index is 11.2. The Labute approximate surface area is 90.6 Å². The molecular weight excluding hydrogens is 246 g/mol. The topological polar surface area (TPSA) is 30.7 Å². The first-order chi connectivity index (χ1) is 6.69. The lowest BCUT2D eigenvalue weighted by atomic mass is 10.1. The fraction of sp³-hybridized carbons (Fsp3) is 0.200. The Morgan fingerprint density at radius 3 is 2.93 bits per heavy atom. The smallest absolute Gasteiger partial charge is 0.337 e. The molecule has 0 aliphatic rings. The molecule has 0 saturated heterocycles. The molecule has 0 atom stereocenters. The van der Waals surface area contributed by atoms with E-state index in [1.54, 1.807) is 18.2 Å².